The number of nitrogens with zero attached hydrogens (tertiary/aromatic N) is 4. The number of aryl methyl sites for hydroxylation is 1. The van der Waals surface area contributed by atoms with Crippen molar-refractivity contribution in [2.75, 3.05) is 32.8 Å². The van der Waals surface area contributed by atoms with Crippen LogP contribution in [0.5, 0.6) is 0 Å². The predicted octanol–water partition coefficient (Wildman–Crippen LogP) is 1.11. The van der Waals surface area contributed by atoms with Crippen LogP contribution in [0, 0.1) is 6.92 Å². The number of ether oxygens (including phenoxy) is 1. The Kier molecular flexibility index (Phi) is 6.23. The van der Waals surface area contributed by atoms with Crippen LogP contribution in [0.2, 0.25) is 0 Å². The van der Waals surface area contributed by atoms with E-state index >= 15 is 0 Å². The maximum Gasteiger partial charge on any atom is 0.339 e. The van der Waals surface area contributed by atoms with Crippen molar-refractivity contribution in [3.8, 4) is 0 Å². The number of hydrogen-bond donors (Lipinski definition) is 0. The molecule has 0 aliphatic carbocycles. The van der Waals surface area contributed by atoms with Gasteiger partial charge in [-0.3, -0.25) is 9.78 Å². The molecular formula is C19H22N4O5S. The minimum atomic E-state index is -3.64. The van der Waals surface area contributed by atoms with Crippen molar-refractivity contribution in [1.29, 1.82) is 0 Å². The highest BCUT2D eigenvalue weighted by Crippen LogP contribution is 2.18. The maximum absolute atomic E-state index is 12.8. The Hall–Kier alpha value is -2.85. The Morgan fingerprint density at radius 1 is 1.14 bits per heavy atom. The molecule has 29 heavy (non-hydrogen) atoms. The first kappa shape index (κ1) is 20.9. The van der Waals surface area contributed by atoms with Gasteiger partial charge in [0.15, 0.2) is 0 Å². The van der Waals surface area contributed by atoms with E-state index in [1.807, 2.05) is 0 Å². The van der Waals surface area contributed by atoms with E-state index in [0.717, 1.165) is 0 Å². The fourth-order valence-electron chi connectivity index (χ4n) is 3.05. The van der Waals surface area contributed by atoms with E-state index in [2.05, 4.69) is 9.97 Å². The van der Waals surface area contributed by atoms with Crippen molar-refractivity contribution >= 4 is 21.9 Å². The van der Waals surface area contributed by atoms with E-state index in [0.29, 0.717) is 11.3 Å². The summed E-state index contributed by atoms with van der Waals surface area (Å²) in [6.45, 7) is 4.47. The number of sulfonamides is 1. The second-order valence-corrected chi connectivity index (χ2v) is 8.37. The molecule has 9 nitrogen and oxygen atoms in total. The number of piperazine rings is 1. The maximum atomic E-state index is 12.8. The molecule has 1 saturated heterocycles. The van der Waals surface area contributed by atoms with Gasteiger partial charge in [0.2, 0.25) is 10.0 Å². The zero-order valence-corrected chi connectivity index (χ0v) is 17.1. The molecule has 1 aliphatic rings. The van der Waals surface area contributed by atoms with E-state index < -0.39 is 16.0 Å². The van der Waals surface area contributed by atoms with Crippen LogP contribution in [0.3, 0.4) is 0 Å². The van der Waals surface area contributed by atoms with Crippen LogP contribution in [0.25, 0.3) is 0 Å². The third-order valence-electron chi connectivity index (χ3n) is 4.60. The van der Waals surface area contributed by atoms with Crippen LogP contribution in [0.4, 0.5) is 0 Å². The summed E-state index contributed by atoms with van der Waals surface area (Å²) in [4.78, 5) is 34.4. The molecule has 0 aromatic carbocycles. The summed E-state index contributed by atoms with van der Waals surface area (Å²) < 4.78 is 31.6. The monoisotopic (exact) mass is 418 g/mol. The third kappa shape index (κ3) is 4.43. The van der Waals surface area contributed by atoms with Gasteiger partial charge in [-0.1, -0.05) is 0 Å². The minimum absolute atomic E-state index is 0.131. The van der Waals surface area contributed by atoms with Gasteiger partial charge in [-0.25, -0.2) is 18.2 Å². The molecule has 154 valence electrons. The summed E-state index contributed by atoms with van der Waals surface area (Å²) in [6, 6.07) is 6.08. The molecule has 0 radical (unpaired) electrons. The van der Waals surface area contributed by atoms with Gasteiger partial charge in [-0.15, -0.1) is 0 Å². The molecule has 1 aliphatic heterocycles. The lowest BCUT2D eigenvalue weighted by atomic mass is 10.1. The molecular weight excluding hydrogens is 396 g/mol. The van der Waals surface area contributed by atoms with Gasteiger partial charge in [0, 0.05) is 38.6 Å². The fraction of sp³-hybridized carbons (Fsp3) is 0.368. The highest BCUT2D eigenvalue weighted by Gasteiger charge is 2.31. The SMILES string of the molecule is CCOC(=O)c1ccc(C(=O)N2CCN(S(=O)(=O)c3cccnc3)CC2)nc1C. The average molecular weight is 418 g/mol. The van der Waals surface area contributed by atoms with Gasteiger partial charge in [0.25, 0.3) is 5.91 Å². The normalized spacial score (nSPS) is 15.2. The Labute approximate surface area is 169 Å². The van der Waals surface area contributed by atoms with E-state index in [1.54, 1.807) is 24.8 Å². The summed E-state index contributed by atoms with van der Waals surface area (Å²) in [5.74, 6) is -0.785. The number of carbonyl (C=O) groups excluding carboxylic acids is 2. The summed E-state index contributed by atoms with van der Waals surface area (Å²) in [5.41, 5.74) is 0.932. The van der Waals surface area contributed by atoms with Crippen molar-refractivity contribution in [3.63, 3.8) is 0 Å². The number of amides is 1. The van der Waals surface area contributed by atoms with Crippen molar-refractivity contribution in [3.05, 3.63) is 53.6 Å². The van der Waals surface area contributed by atoms with Gasteiger partial charge in [-0.2, -0.15) is 4.31 Å². The van der Waals surface area contributed by atoms with Gasteiger partial charge >= 0.3 is 5.97 Å². The summed E-state index contributed by atoms with van der Waals surface area (Å²) in [6.07, 6.45) is 2.82. The van der Waals surface area contributed by atoms with Crippen molar-refractivity contribution in [2.45, 2.75) is 18.7 Å². The van der Waals surface area contributed by atoms with Crippen molar-refractivity contribution < 1.29 is 22.7 Å². The minimum Gasteiger partial charge on any atom is -0.462 e. The van der Waals surface area contributed by atoms with Crippen LogP contribution in [-0.4, -0.2) is 72.3 Å². The van der Waals surface area contributed by atoms with Crippen LogP contribution >= 0.6 is 0 Å². The zero-order valence-electron chi connectivity index (χ0n) is 16.2. The largest absolute Gasteiger partial charge is 0.462 e. The molecule has 0 N–H and O–H groups in total. The third-order valence-corrected chi connectivity index (χ3v) is 6.48. The van der Waals surface area contributed by atoms with Crippen LogP contribution < -0.4 is 0 Å². The number of esters is 1. The fourth-order valence-corrected chi connectivity index (χ4v) is 4.43. The molecule has 0 unspecified atom stereocenters. The van der Waals surface area contributed by atoms with Crippen LogP contribution in [0.15, 0.2) is 41.6 Å². The van der Waals surface area contributed by atoms with Gasteiger partial charge in [0.1, 0.15) is 10.6 Å². The number of aromatic nitrogens is 2. The van der Waals surface area contributed by atoms with Crippen molar-refractivity contribution in [1.82, 2.24) is 19.2 Å². The first-order valence-electron chi connectivity index (χ1n) is 9.19. The Bertz CT molecular complexity index is 1000. The molecule has 1 amide bonds. The topological polar surface area (TPSA) is 110 Å². The summed E-state index contributed by atoms with van der Waals surface area (Å²) in [5, 5.41) is 0. The second-order valence-electron chi connectivity index (χ2n) is 6.43. The summed E-state index contributed by atoms with van der Waals surface area (Å²) in [7, 11) is -3.64. The van der Waals surface area contributed by atoms with Gasteiger partial charge in [0.05, 0.1) is 17.9 Å². The smallest absolute Gasteiger partial charge is 0.339 e. The van der Waals surface area contributed by atoms with E-state index in [-0.39, 0.29) is 49.3 Å². The lowest BCUT2D eigenvalue weighted by Crippen LogP contribution is -2.50. The molecule has 2 aromatic heterocycles. The molecule has 10 heteroatoms. The standard InChI is InChI=1S/C19H22N4O5S/c1-3-28-19(25)16-6-7-17(21-14(16)2)18(24)22-9-11-23(12-10-22)29(26,27)15-5-4-8-20-13-15/h4-8,13H,3,9-12H2,1-2H3. The molecule has 0 saturated carbocycles. The molecule has 0 atom stereocenters. The van der Waals surface area contributed by atoms with Crippen molar-refractivity contribution in [2.24, 2.45) is 0 Å². The average Bonchev–Trinajstić information content (AvgIpc) is 2.74. The van der Waals surface area contributed by atoms with Gasteiger partial charge in [-0.05, 0) is 38.1 Å². The number of rotatable bonds is 5. The Balaban J connectivity index is 1.67. The first-order chi connectivity index (χ1) is 13.8. The zero-order chi connectivity index (χ0) is 21.0. The number of carbonyl (C=O) groups is 2. The lowest BCUT2D eigenvalue weighted by molar-refractivity contribution is 0.0523. The lowest BCUT2D eigenvalue weighted by Gasteiger charge is -2.33. The highest BCUT2D eigenvalue weighted by molar-refractivity contribution is 7.89. The molecule has 3 heterocycles. The van der Waals surface area contributed by atoms with Crippen LogP contribution in [-0.2, 0) is 14.8 Å². The highest BCUT2D eigenvalue weighted by atomic mass is 32.2. The second kappa shape index (κ2) is 8.66. The number of pyridine rings is 2. The quantitative estimate of drug-likeness (QED) is 0.669. The Morgan fingerprint density at radius 3 is 2.45 bits per heavy atom. The first-order valence-corrected chi connectivity index (χ1v) is 10.6. The molecule has 3 rings (SSSR count). The Morgan fingerprint density at radius 2 is 1.86 bits per heavy atom. The molecule has 0 bridgehead atoms. The number of hydrogen-bond acceptors (Lipinski definition) is 7. The summed E-state index contributed by atoms with van der Waals surface area (Å²) >= 11 is 0. The van der Waals surface area contributed by atoms with E-state index in [9.17, 15) is 18.0 Å². The van der Waals surface area contributed by atoms with Crippen LogP contribution in [0.1, 0.15) is 33.5 Å². The molecule has 0 spiro atoms. The predicted molar refractivity (Wildman–Crippen MR) is 104 cm³/mol. The van der Waals surface area contributed by atoms with E-state index in [1.165, 1.54) is 34.9 Å². The van der Waals surface area contributed by atoms with E-state index in [4.69, 9.17) is 4.74 Å². The molecule has 1 fully saturated rings. The molecule has 2 aromatic rings. The van der Waals surface area contributed by atoms with Gasteiger partial charge < -0.3 is 9.64 Å².